The van der Waals surface area contributed by atoms with Gasteiger partial charge >= 0.3 is 5.97 Å². The summed E-state index contributed by atoms with van der Waals surface area (Å²) in [5.41, 5.74) is 0.744. The van der Waals surface area contributed by atoms with Gasteiger partial charge in [0, 0.05) is 22.3 Å². The van der Waals surface area contributed by atoms with Gasteiger partial charge < -0.3 is 14.8 Å². The van der Waals surface area contributed by atoms with Gasteiger partial charge in [-0.1, -0.05) is 23.7 Å². The van der Waals surface area contributed by atoms with E-state index in [0.29, 0.717) is 5.56 Å². The summed E-state index contributed by atoms with van der Waals surface area (Å²) in [6, 6.07) is 12.3. The molecule has 1 amide bonds. The highest BCUT2D eigenvalue weighted by molar-refractivity contribution is 7.92. The predicted octanol–water partition coefficient (Wildman–Crippen LogP) is 4.88. The molecule has 39 heavy (non-hydrogen) atoms. The van der Waals surface area contributed by atoms with Crippen molar-refractivity contribution in [2.75, 3.05) is 29.9 Å². The minimum Gasteiger partial charge on any atom is -0.495 e. The first-order chi connectivity index (χ1) is 18.4. The van der Waals surface area contributed by atoms with E-state index in [-0.39, 0.29) is 39.9 Å². The lowest BCUT2D eigenvalue weighted by molar-refractivity contribution is -0.385. The smallest absolute Gasteiger partial charge is 0.338 e. The van der Waals surface area contributed by atoms with Gasteiger partial charge in [-0.05, 0) is 62.7 Å². The Morgan fingerprint density at radius 3 is 2.46 bits per heavy atom. The summed E-state index contributed by atoms with van der Waals surface area (Å²) >= 11 is 6.15. The number of anilines is 2. The van der Waals surface area contributed by atoms with Gasteiger partial charge in [0.1, 0.15) is 12.3 Å². The Morgan fingerprint density at radius 2 is 1.82 bits per heavy atom. The van der Waals surface area contributed by atoms with Crippen molar-refractivity contribution in [1.29, 1.82) is 0 Å². The van der Waals surface area contributed by atoms with Crippen molar-refractivity contribution in [3.05, 3.63) is 86.4 Å². The maximum atomic E-state index is 13.8. The molecule has 11 nitrogen and oxygen atoms in total. The number of aryl methyl sites for hydroxylation is 1. The Morgan fingerprint density at radius 1 is 1.10 bits per heavy atom. The molecule has 3 rings (SSSR count). The Kier molecular flexibility index (Phi) is 9.15. The lowest BCUT2D eigenvalue weighted by Crippen LogP contribution is -2.38. The van der Waals surface area contributed by atoms with Crippen molar-refractivity contribution in [3.8, 4) is 5.75 Å². The molecule has 0 unspecified atom stereocenters. The summed E-state index contributed by atoms with van der Waals surface area (Å²) in [6.45, 7) is 4.18. The van der Waals surface area contributed by atoms with Crippen LogP contribution in [-0.2, 0) is 19.6 Å². The summed E-state index contributed by atoms with van der Waals surface area (Å²) in [4.78, 5) is 35.9. The van der Waals surface area contributed by atoms with E-state index in [1.165, 1.54) is 44.4 Å². The zero-order valence-electron chi connectivity index (χ0n) is 21.6. The minimum atomic E-state index is -4.55. The van der Waals surface area contributed by atoms with Gasteiger partial charge in [-0.25, -0.2) is 13.2 Å². The number of carbonyl (C=O) groups excluding carboxylic acids is 2. The molecule has 13 heteroatoms. The van der Waals surface area contributed by atoms with E-state index in [2.05, 4.69) is 5.32 Å². The summed E-state index contributed by atoms with van der Waals surface area (Å²) in [5.74, 6) is -1.23. The van der Waals surface area contributed by atoms with Crippen molar-refractivity contribution >= 4 is 50.6 Å². The zero-order valence-corrected chi connectivity index (χ0v) is 23.1. The molecular weight excluding hydrogens is 550 g/mol. The van der Waals surface area contributed by atoms with Gasteiger partial charge in [0.2, 0.25) is 5.91 Å². The van der Waals surface area contributed by atoms with E-state index in [1.54, 1.807) is 32.0 Å². The van der Waals surface area contributed by atoms with Gasteiger partial charge in [0.05, 0.1) is 34.8 Å². The van der Waals surface area contributed by atoms with E-state index in [1.807, 2.05) is 0 Å². The third kappa shape index (κ3) is 6.47. The van der Waals surface area contributed by atoms with Gasteiger partial charge in [0.15, 0.2) is 0 Å². The highest BCUT2D eigenvalue weighted by atomic mass is 35.5. The summed E-state index contributed by atoms with van der Waals surface area (Å²) in [5, 5.41) is 14.3. The van der Waals surface area contributed by atoms with Crippen LogP contribution >= 0.6 is 11.6 Å². The summed E-state index contributed by atoms with van der Waals surface area (Å²) in [7, 11) is -3.23. The number of nitro groups is 1. The second-order valence-electron chi connectivity index (χ2n) is 8.28. The lowest BCUT2D eigenvalue weighted by atomic mass is 10.1. The number of nitrogens with zero attached hydrogens (tertiary/aromatic N) is 2. The van der Waals surface area contributed by atoms with Crippen LogP contribution in [0.25, 0.3) is 0 Å². The number of nitro benzene ring substituents is 1. The summed E-state index contributed by atoms with van der Waals surface area (Å²) < 4.78 is 38.8. The number of carbonyl (C=O) groups is 2. The number of nitrogens with one attached hydrogen (secondary N) is 1. The number of esters is 1. The molecule has 1 N–H and O–H groups in total. The van der Waals surface area contributed by atoms with Crippen LogP contribution in [0.1, 0.15) is 28.4 Å². The number of rotatable bonds is 10. The topological polar surface area (TPSA) is 145 Å². The van der Waals surface area contributed by atoms with Gasteiger partial charge in [0.25, 0.3) is 15.7 Å². The largest absolute Gasteiger partial charge is 0.495 e. The van der Waals surface area contributed by atoms with Crippen LogP contribution in [-0.4, -0.2) is 45.5 Å². The number of hydrogen-bond acceptors (Lipinski definition) is 8. The number of ether oxygens (including phenoxy) is 2. The highest BCUT2D eigenvalue weighted by Gasteiger charge is 2.31. The maximum Gasteiger partial charge on any atom is 0.338 e. The molecule has 0 aromatic heterocycles. The Balaban J connectivity index is 2.07. The Hall–Kier alpha value is -4.16. The fraction of sp³-hybridized carbons (Fsp3) is 0.231. The first-order valence-corrected chi connectivity index (χ1v) is 13.4. The number of methoxy groups -OCH3 is 1. The molecule has 0 fully saturated rings. The normalized spacial score (nSPS) is 11.0. The SMILES string of the molecule is CCOC(=O)c1cccc(NC(=O)CN(c2cc(Cl)ccc2OC)S(=O)(=O)c2ccc(C)c([N+](=O)[O-])c2)c1C. The second-order valence-corrected chi connectivity index (χ2v) is 10.6. The molecular formula is C26H26ClN3O8S. The average Bonchev–Trinajstić information content (AvgIpc) is 2.88. The maximum absolute atomic E-state index is 13.8. The molecule has 0 spiro atoms. The van der Waals surface area contributed by atoms with Crippen molar-refractivity contribution in [2.24, 2.45) is 0 Å². The first-order valence-electron chi connectivity index (χ1n) is 11.6. The zero-order chi connectivity index (χ0) is 28.9. The minimum absolute atomic E-state index is 0.0552. The van der Waals surface area contributed by atoms with E-state index >= 15 is 0 Å². The van der Waals surface area contributed by atoms with Crippen molar-refractivity contribution in [3.63, 3.8) is 0 Å². The molecule has 0 saturated carbocycles. The van der Waals surface area contributed by atoms with Gasteiger partial charge in [-0.3, -0.25) is 19.2 Å². The quantitative estimate of drug-likeness (QED) is 0.204. The van der Waals surface area contributed by atoms with E-state index in [0.717, 1.165) is 10.4 Å². The fourth-order valence-corrected chi connectivity index (χ4v) is 5.36. The molecule has 206 valence electrons. The fourth-order valence-electron chi connectivity index (χ4n) is 3.75. The number of hydrogen-bond donors (Lipinski definition) is 1. The molecule has 0 radical (unpaired) electrons. The molecule has 0 heterocycles. The number of benzene rings is 3. The third-order valence-corrected chi connectivity index (χ3v) is 7.76. The van der Waals surface area contributed by atoms with Crippen LogP contribution in [0, 0.1) is 24.0 Å². The Bertz CT molecular complexity index is 1540. The second kappa shape index (κ2) is 12.1. The van der Waals surface area contributed by atoms with Crippen LogP contribution in [0.5, 0.6) is 5.75 Å². The van der Waals surface area contributed by atoms with Crippen LogP contribution < -0.4 is 14.4 Å². The number of halogens is 1. The lowest BCUT2D eigenvalue weighted by Gasteiger charge is -2.26. The van der Waals surface area contributed by atoms with Crippen LogP contribution in [0.2, 0.25) is 5.02 Å². The van der Waals surface area contributed by atoms with E-state index in [4.69, 9.17) is 21.1 Å². The van der Waals surface area contributed by atoms with Crippen molar-refractivity contribution < 1.29 is 32.4 Å². The van der Waals surface area contributed by atoms with Crippen molar-refractivity contribution in [1.82, 2.24) is 0 Å². The third-order valence-electron chi connectivity index (χ3n) is 5.77. The molecule has 3 aromatic rings. The molecule has 0 aliphatic carbocycles. The highest BCUT2D eigenvalue weighted by Crippen LogP contribution is 2.36. The van der Waals surface area contributed by atoms with Gasteiger partial charge in [-0.2, -0.15) is 0 Å². The molecule has 0 saturated heterocycles. The van der Waals surface area contributed by atoms with Gasteiger partial charge in [-0.15, -0.1) is 0 Å². The Labute approximate surface area is 230 Å². The average molecular weight is 576 g/mol. The summed E-state index contributed by atoms with van der Waals surface area (Å²) in [6.07, 6.45) is 0. The standard InChI is InChI=1S/C26H26ClN3O8S/c1-5-38-26(32)20-7-6-8-21(17(20)3)28-25(31)15-29(23-13-18(27)10-12-24(23)37-4)39(35,36)19-11-9-16(2)22(14-19)30(33)34/h6-14H,5,15H2,1-4H3,(H,28,31). The molecule has 3 aromatic carbocycles. The number of sulfonamides is 1. The molecule has 0 aliphatic heterocycles. The van der Waals surface area contributed by atoms with Crippen LogP contribution in [0.3, 0.4) is 0 Å². The monoisotopic (exact) mass is 575 g/mol. The predicted molar refractivity (Wildman–Crippen MR) is 146 cm³/mol. The molecule has 0 aliphatic rings. The number of amides is 1. The van der Waals surface area contributed by atoms with Crippen LogP contribution in [0.4, 0.5) is 17.1 Å². The molecule has 0 bridgehead atoms. The van der Waals surface area contributed by atoms with Crippen LogP contribution in [0.15, 0.2) is 59.5 Å². The van der Waals surface area contributed by atoms with Crippen molar-refractivity contribution in [2.45, 2.75) is 25.7 Å². The molecule has 0 atom stereocenters. The van der Waals surface area contributed by atoms with E-state index < -0.39 is 44.0 Å². The first kappa shape index (κ1) is 29.4. The van der Waals surface area contributed by atoms with E-state index in [9.17, 15) is 28.1 Å².